The number of nitrogens with zero attached hydrogens (tertiary/aromatic N) is 1. The summed E-state index contributed by atoms with van der Waals surface area (Å²) in [6.07, 6.45) is 1.61. The summed E-state index contributed by atoms with van der Waals surface area (Å²) >= 11 is 1.29. The number of carbonyl (C=O) groups is 2. The van der Waals surface area contributed by atoms with Crippen molar-refractivity contribution in [1.29, 1.82) is 0 Å². The molecule has 2 aromatic carbocycles. The smallest absolute Gasteiger partial charge is 0.261 e. The molecule has 0 aliphatic heterocycles. The Kier molecular flexibility index (Phi) is 5.13. The molecule has 0 fully saturated rings. The second kappa shape index (κ2) is 7.50. The molecule has 1 heterocycles. The number of rotatable bonds is 4. The molecule has 0 atom stereocenters. The summed E-state index contributed by atoms with van der Waals surface area (Å²) in [5.41, 5.74) is -0.0746. The van der Waals surface area contributed by atoms with Crippen LogP contribution in [0.4, 0.5) is 19.6 Å². The molecule has 0 aliphatic rings. The van der Waals surface area contributed by atoms with Crippen LogP contribution in [0.2, 0.25) is 0 Å². The minimum Gasteiger partial charge on any atom is -0.507 e. The van der Waals surface area contributed by atoms with Gasteiger partial charge in [-0.1, -0.05) is 0 Å². The van der Waals surface area contributed by atoms with E-state index >= 15 is 0 Å². The molecule has 0 saturated carbocycles. The van der Waals surface area contributed by atoms with Gasteiger partial charge >= 0.3 is 0 Å². The molecule has 2 amide bonds. The average Bonchev–Trinajstić information content (AvgIpc) is 2.98. The van der Waals surface area contributed by atoms with Crippen LogP contribution in [0.5, 0.6) is 5.75 Å². The second-order valence-corrected chi connectivity index (χ2v) is 6.81. The van der Waals surface area contributed by atoms with Crippen LogP contribution < -0.4 is 10.6 Å². The Morgan fingerprint density at radius 1 is 1.04 bits per heavy atom. The quantitative estimate of drug-likeness (QED) is 0.630. The molecule has 0 radical (unpaired) electrons. The molecule has 6 nitrogen and oxygen atoms in total. The molecule has 138 valence electrons. The maximum atomic E-state index is 13.2. The van der Waals surface area contributed by atoms with Crippen molar-refractivity contribution in [3.8, 4) is 5.75 Å². The lowest BCUT2D eigenvalue weighted by molar-refractivity contribution is 0.101. The fourth-order valence-electron chi connectivity index (χ4n) is 2.27. The lowest BCUT2D eigenvalue weighted by Crippen LogP contribution is -2.14. The van der Waals surface area contributed by atoms with Crippen molar-refractivity contribution in [2.75, 3.05) is 10.6 Å². The number of aromatic nitrogens is 1. The van der Waals surface area contributed by atoms with E-state index in [0.717, 1.165) is 23.1 Å². The van der Waals surface area contributed by atoms with Gasteiger partial charge in [-0.25, -0.2) is 13.8 Å². The third kappa shape index (κ3) is 4.45. The molecule has 0 unspecified atom stereocenters. The Hall–Kier alpha value is -3.33. The van der Waals surface area contributed by atoms with Gasteiger partial charge in [0.25, 0.3) is 11.8 Å². The number of anilines is 2. The number of thiazole rings is 1. The first-order chi connectivity index (χ1) is 12.8. The zero-order valence-electron chi connectivity index (χ0n) is 13.9. The number of hydrogen-bond acceptors (Lipinski definition) is 5. The van der Waals surface area contributed by atoms with Gasteiger partial charge in [0.15, 0.2) is 5.13 Å². The van der Waals surface area contributed by atoms with Crippen molar-refractivity contribution < 1.29 is 23.5 Å². The molecule has 1 aromatic heterocycles. The van der Waals surface area contributed by atoms with Crippen molar-refractivity contribution >= 4 is 34.0 Å². The first-order valence-electron chi connectivity index (χ1n) is 7.66. The van der Waals surface area contributed by atoms with E-state index in [9.17, 15) is 23.5 Å². The molecule has 27 heavy (non-hydrogen) atoms. The van der Waals surface area contributed by atoms with Crippen LogP contribution in [0.25, 0.3) is 0 Å². The Bertz CT molecular complexity index is 1020. The summed E-state index contributed by atoms with van der Waals surface area (Å²) in [6, 6.07) is 6.28. The summed E-state index contributed by atoms with van der Waals surface area (Å²) in [4.78, 5) is 29.2. The normalized spacial score (nSPS) is 10.5. The summed E-state index contributed by atoms with van der Waals surface area (Å²) in [7, 11) is 0. The minimum absolute atomic E-state index is 0.0161. The zero-order valence-corrected chi connectivity index (χ0v) is 14.7. The Morgan fingerprint density at radius 2 is 1.74 bits per heavy atom. The van der Waals surface area contributed by atoms with Gasteiger partial charge < -0.3 is 10.4 Å². The molecule has 0 saturated heterocycles. The number of carbonyl (C=O) groups excluding carboxylic acids is 2. The second-order valence-electron chi connectivity index (χ2n) is 5.57. The van der Waals surface area contributed by atoms with Crippen molar-refractivity contribution in [3.05, 3.63) is 70.2 Å². The van der Waals surface area contributed by atoms with E-state index in [1.165, 1.54) is 23.5 Å². The molecule has 0 bridgehead atoms. The van der Waals surface area contributed by atoms with Crippen molar-refractivity contribution in [3.63, 3.8) is 0 Å². The van der Waals surface area contributed by atoms with Gasteiger partial charge in [-0.05, 0) is 31.2 Å². The number of phenolic OH excluding ortho intramolecular Hbond substituents is 1. The zero-order chi connectivity index (χ0) is 19.6. The van der Waals surface area contributed by atoms with Gasteiger partial charge in [-0.15, -0.1) is 11.3 Å². The van der Waals surface area contributed by atoms with Crippen molar-refractivity contribution in [2.45, 2.75) is 6.92 Å². The number of phenols is 1. The van der Waals surface area contributed by atoms with E-state index in [-0.39, 0.29) is 22.6 Å². The van der Waals surface area contributed by atoms with Crippen LogP contribution >= 0.6 is 11.3 Å². The van der Waals surface area contributed by atoms with Gasteiger partial charge in [0.1, 0.15) is 17.4 Å². The van der Waals surface area contributed by atoms with E-state index in [4.69, 9.17) is 0 Å². The summed E-state index contributed by atoms with van der Waals surface area (Å²) in [6.45, 7) is 1.84. The van der Waals surface area contributed by atoms with Crippen molar-refractivity contribution in [2.24, 2.45) is 0 Å². The molecule has 3 rings (SSSR count). The van der Waals surface area contributed by atoms with Crippen LogP contribution in [-0.4, -0.2) is 21.9 Å². The Morgan fingerprint density at radius 3 is 2.33 bits per heavy atom. The van der Waals surface area contributed by atoms with Gasteiger partial charge in [0.2, 0.25) is 0 Å². The number of nitrogens with one attached hydrogen (secondary N) is 2. The average molecular weight is 389 g/mol. The van der Waals surface area contributed by atoms with Crippen LogP contribution in [0.3, 0.4) is 0 Å². The predicted molar refractivity (Wildman–Crippen MR) is 97.2 cm³/mol. The SMILES string of the molecule is Cc1cnc(NC(=O)c2ccc(NC(=O)c3cc(F)cc(F)c3)cc2O)s1. The molecule has 0 spiro atoms. The van der Waals surface area contributed by atoms with Crippen LogP contribution in [-0.2, 0) is 0 Å². The lowest BCUT2D eigenvalue weighted by atomic mass is 10.1. The number of hydrogen-bond donors (Lipinski definition) is 3. The first kappa shape index (κ1) is 18.5. The predicted octanol–water partition coefficient (Wildman–Crippen LogP) is 3.94. The number of aromatic hydroxyl groups is 1. The van der Waals surface area contributed by atoms with Gasteiger partial charge in [-0.3, -0.25) is 14.9 Å². The number of amides is 2. The number of benzene rings is 2. The molecule has 9 heteroatoms. The molecule has 3 aromatic rings. The van der Waals surface area contributed by atoms with E-state index in [0.29, 0.717) is 11.2 Å². The highest BCUT2D eigenvalue weighted by molar-refractivity contribution is 7.15. The fraction of sp³-hybridized carbons (Fsp3) is 0.0556. The maximum absolute atomic E-state index is 13.2. The minimum atomic E-state index is -0.882. The van der Waals surface area contributed by atoms with Crippen molar-refractivity contribution in [1.82, 2.24) is 4.98 Å². The van der Waals surface area contributed by atoms with E-state index in [1.807, 2.05) is 6.92 Å². The third-order valence-corrected chi connectivity index (χ3v) is 4.29. The van der Waals surface area contributed by atoms with E-state index in [1.54, 1.807) is 6.20 Å². The molecular weight excluding hydrogens is 376 g/mol. The van der Waals surface area contributed by atoms with Gasteiger partial charge in [-0.2, -0.15) is 0 Å². The van der Waals surface area contributed by atoms with E-state index < -0.39 is 23.4 Å². The highest BCUT2D eigenvalue weighted by Crippen LogP contribution is 2.25. The summed E-state index contributed by atoms with van der Waals surface area (Å²) in [5, 5.41) is 15.4. The fourth-order valence-corrected chi connectivity index (χ4v) is 2.93. The van der Waals surface area contributed by atoms with Crippen LogP contribution in [0.1, 0.15) is 25.6 Å². The largest absolute Gasteiger partial charge is 0.507 e. The van der Waals surface area contributed by atoms with Crippen LogP contribution in [0, 0.1) is 18.6 Å². The summed E-state index contributed by atoms with van der Waals surface area (Å²) < 4.78 is 26.4. The topological polar surface area (TPSA) is 91.3 Å². The Labute approximate surface area is 156 Å². The highest BCUT2D eigenvalue weighted by atomic mass is 32.1. The first-order valence-corrected chi connectivity index (χ1v) is 8.48. The number of aryl methyl sites for hydroxylation is 1. The lowest BCUT2D eigenvalue weighted by Gasteiger charge is -2.09. The molecule has 3 N–H and O–H groups in total. The highest BCUT2D eigenvalue weighted by Gasteiger charge is 2.15. The Balaban J connectivity index is 1.74. The monoisotopic (exact) mass is 389 g/mol. The summed E-state index contributed by atoms with van der Waals surface area (Å²) in [5.74, 6) is -3.46. The van der Waals surface area contributed by atoms with Crippen LogP contribution in [0.15, 0.2) is 42.6 Å². The maximum Gasteiger partial charge on any atom is 0.261 e. The van der Waals surface area contributed by atoms with Gasteiger partial charge in [0, 0.05) is 34.5 Å². The standard InChI is InChI=1S/C18H13F2N3O3S/c1-9-8-21-18(27-9)23-17(26)14-3-2-13(7-15(14)24)22-16(25)10-4-11(19)6-12(20)5-10/h2-8,24H,1H3,(H,22,25)(H,21,23,26). The van der Waals surface area contributed by atoms with E-state index in [2.05, 4.69) is 15.6 Å². The third-order valence-electron chi connectivity index (χ3n) is 3.47. The number of halogens is 2. The molecule has 0 aliphatic carbocycles. The van der Waals surface area contributed by atoms with Gasteiger partial charge in [0.05, 0.1) is 5.56 Å². The molecular formula is C18H13F2N3O3S.